The molecule has 1 fully saturated rings. The number of carboxylic acids is 1. The molecule has 6 heteroatoms. The van der Waals surface area contributed by atoms with Gasteiger partial charge in [-0.1, -0.05) is 6.08 Å². The van der Waals surface area contributed by atoms with Crippen LogP contribution in [0.3, 0.4) is 0 Å². The van der Waals surface area contributed by atoms with E-state index in [-0.39, 0.29) is 19.5 Å². The molecule has 21 heavy (non-hydrogen) atoms. The standard InChI is InChI=1S/C15H25NO5/c1-5-6-7-8-20-15(9-12(17)18)10-16(11-15)13(19)21-14(2,3)4/h5H,1,6-11H2,2-4H3,(H,17,18). The molecule has 0 unspecified atom stereocenters. The Morgan fingerprint density at radius 3 is 2.48 bits per heavy atom. The van der Waals surface area contributed by atoms with Crippen molar-refractivity contribution < 1.29 is 24.2 Å². The third-order valence-corrected chi connectivity index (χ3v) is 3.04. The molecule has 120 valence electrons. The van der Waals surface area contributed by atoms with E-state index in [1.807, 2.05) is 0 Å². The topological polar surface area (TPSA) is 76.1 Å². The van der Waals surface area contributed by atoms with Crippen LogP contribution in [0.1, 0.15) is 40.0 Å². The van der Waals surface area contributed by atoms with Crippen molar-refractivity contribution in [1.82, 2.24) is 4.90 Å². The van der Waals surface area contributed by atoms with Gasteiger partial charge >= 0.3 is 12.1 Å². The first kappa shape index (κ1) is 17.5. The van der Waals surface area contributed by atoms with Crippen molar-refractivity contribution in [2.75, 3.05) is 19.7 Å². The maximum absolute atomic E-state index is 11.9. The second-order valence-electron chi connectivity index (χ2n) is 6.37. The molecule has 6 nitrogen and oxygen atoms in total. The number of hydrogen-bond acceptors (Lipinski definition) is 4. The van der Waals surface area contributed by atoms with Crippen LogP contribution >= 0.6 is 0 Å². The van der Waals surface area contributed by atoms with Crippen molar-refractivity contribution >= 4 is 12.1 Å². The molecule has 0 aromatic rings. The number of rotatable bonds is 7. The normalized spacial score (nSPS) is 17.0. The summed E-state index contributed by atoms with van der Waals surface area (Å²) in [5.74, 6) is -0.928. The molecule has 1 aliphatic heterocycles. The van der Waals surface area contributed by atoms with Crippen LogP contribution in [0.5, 0.6) is 0 Å². The molecule has 0 radical (unpaired) electrons. The van der Waals surface area contributed by atoms with Gasteiger partial charge in [-0.25, -0.2) is 4.79 Å². The Morgan fingerprint density at radius 1 is 1.38 bits per heavy atom. The molecule has 1 saturated heterocycles. The summed E-state index contributed by atoms with van der Waals surface area (Å²) in [4.78, 5) is 24.3. The van der Waals surface area contributed by atoms with Crippen molar-refractivity contribution in [3.05, 3.63) is 12.7 Å². The third kappa shape index (κ3) is 5.75. The first-order valence-electron chi connectivity index (χ1n) is 7.12. The molecule has 1 aliphatic rings. The fourth-order valence-electron chi connectivity index (χ4n) is 2.15. The molecule has 1 N–H and O–H groups in total. The lowest BCUT2D eigenvalue weighted by molar-refractivity contribution is -0.166. The zero-order valence-corrected chi connectivity index (χ0v) is 13.1. The molecule has 0 spiro atoms. The van der Waals surface area contributed by atoms with Gasteiger partial charge in [0.25, 0.3) is 0 Å². The number of carbonyl (C=O) groups excluding carboxylic acids is 1. The number of allylic oxidation sites excluding steroid dienone is 1. The summed E-state index contributed by atoms with van der Waals surface area (Å²) in [6.45, 7) is 9.97. The molecular formula is C15H25NO5. The molecule has 0 aromatic heterocycles. The molecule has 0 saturated carbocycles. The lowest BCUT2D eigenvalue weighted by atomic mass is 9.90. The fourth-order valence-corrected chi connectivity index (χ4v) is 2.15. The summed E-state index contributed by atoms with van der Waals surface area (Å²) in [5.41, 5.74) is -1.35. The highest BCUT2D eigenvalue weighted by Crippen LogP contribution is 2.30. The Bertz CT molecular complexity index is 393. The smallest absolute Gasteiger partial charge is 0.410 e. The van der Waals surface area contributed by atoms with E-state index in [2.05, 4.69) is 6.58 Å². The minimum Gasteiger partial charge on any atom is -0.481 e. The Balaban J connectivity index is 2.51. The van der Waals surface area contributed by atoms with E-state index in [0.717, 1.165) is 12.8 Å². The van der Waals surface area contributed by atoms with Crippen LogP contribution in [0.4, 0.5) is 4.79 Å². The van der Waals surface area contributed by atoms with Crippen LogP contribution in [0, 0.1) is 0 Å². The molecule has 1 amide bonds. The van der Waals surface area contributed by atoms with Crippen molar-refractivity contribution in [2.45, 2.75) is 51.2 Å². The molecule has 1 rings (SSSR count). The Kier molecular flexibility index (Phi) is 5.78. The SMILES string of the molecule is C=CCCCOC1(CC(=O)O)CN(C(=O)OC(C)(C)C)C1. The van der Waals surface area contributed by atoms with Gasteiger partial charge in [-0.15, -0.1) is 6.58 Å². The van der Waals surface area contributed by atoms with E-state index in [4.69, 9.17) is 14.6 Å². The van der Waals surface area contributed by atoms with E-state index >= 15 is 0 Å². The first-order valence-corrected chi connectivity index (χ1v) is 7.12. The monoisotopic (exact) mass is 299 g/mol. The molecular weight excluding hydrogens is 274 g/mol. The van der Waals surface area contributed by atoms with Gasteiger partial charge in [-0.2, -0.15) is 0 Å². The molecule has 0 atom stereocenters. The van der Waals surface area contributed by atoms with E-state index in [9.17, 15) is 9.59 Å². The summed E-state index contributed by atoms with van der Waals surface area (Å²) in [6.07, 6.45) is 2.86. The van der Waals surface area contributed by atoms with Crippen molar-refractivity contribution in [2.24, 2.45) is 0 Å². The van der Waals surface area contributed by atoms with E-state index in [0.29, 0.717) is 6.61 Å². The van der Waals surface area contributed by atoms with Gasteiger partial charge in [-0.05, 0) is 33.6 Å². The van der Waals surface area contributed by atoms with Gasteiger partial charge in [-0.3, -0.25) is 4.79 Å². The van der Waals surface area contributed by atoms with Crippen LogP contribution in [0.2, 0.25) is 0 Å². The number of amides is 1. The highest BCUT2D eigenvalue weighted by atomic mass is 16.6. The number of ether oxygens (including phenoxy) is 2. The maximum atomic E-state index is 11.9. The highest BCUT2D eigenvalue weighted by Gasteiger charge is 2.49. The predicted molar refractivity (Wildman–Crippen MR) is 78.2 cm³/mol. The van der Waals surface area contributed by atoms with Crippen molar-refractivity contribution in [1.29, 1.82) is 0 Å². The summed E-state index contributed by atoms with van der Waals surface area (Å²) < 4.78 is 11.0. The van der Waals surface area contributed by atoms with Crippen LogP contribution in [-0.4, -0.2) is 53.0 Å². The number of hydrogen-bond donors (Lipinski definition) is 1. The summed E-state index contributed by atoms with van der Waals surface area (Å²) >= 11 is 0. The van der Waals surface area contributed by atoms with Crippen LogP contribution < -0.4 is 0 Å². The van der Waals surface area contributed by atoms with E-state index in [1.165, 1.54) is 4.90 Å². The van der Waals surface area contributed by atoms with Crippen molar-refractivity contribution in [3.63, 3.8) is 0 Å². The minimum atomic E-state index is -0.928. The highest BCUT2D eigenvalue weighted by molar-refractivity contribution is 5.72. The van der Waals surface area contributed by atoms with Gasteiger partial charge in [0.15, 0.2) is 0 Å². The van der Waals surface area contributed by atoms with Crippen molar-refractivity contribution in [3.8, 4) is 0 Å². The largest absolute Gasteiger partial charge is 0.481 e. The fraction of sp³-hybridized carbons (Fsp3) is 0.733. The Morgan fingerprint density at radius 2 is 2.00 bits per heavy atom. The molecule has 0 aliphatic carbocycles. The van der Waals surface area contributed by atoms with Gasteiger partial charge in [0.1, 0.15) is 11.2 Å². The molecule has 1 heterocycles. The van der Waals surface area contributed by atoms with E-state index < -0.39 is 23.3 Å². The quantitative estimate of drug-likeness (QED) is 0.577. The Labute approximate surface area is 125 Å². The maximum Gasteiger partial charge on any atom is 0.410 e. The minimum absolute atomic E-state index is 0.111. The van der Waals surface area contributed by atoms with Gasteiger partial charge in [0.05, 0.1) is 19.5 Å². The number of unbranched alkanes of at least 4 members (excludes halogenated alkanes) is 1. The average Bonchev–Trinajstić information content (AvgIpc) is 2.27. The summed E-state index contributed by atoms with van der Waals surface area (Å²) in [6, 6.07) is 0. The lowest BCUT2D eigenvalue weighted by Crippen LogP contribution is -2.66. The Hall–Kier alpha value is -1.56. The number of carboxylic acid groups (broad SMARTS) is 1. The number of carbonyl (C=O) groups is 2. The zero-order chi connectivity index (χ0) is 16.1. The average molecular weight is 299 g/mol. The van der Waals surface area contributed by atoms with Crippen LogP contribution in [-0.2, 0) is 14.3 Å². The first-order chi connectivity index (χ1) is 9.67. The summed E-state index contributed by atoms with van der Waals surface area (Å²) in [7, 11) is 0. The lowest BCUT2D eigenvalue weighted by Gasteiger charge is -2.48. The zero-order valence-electron chi connectivity index (χ0n) is 13.1. The second kappa shape index (κ2) is 6.93. The van der Waals surface area contributed by atoms with Crippen LogP contribution in [0.25, 0.3) is 0 Å². The van der Waals surface area contributed by atoms with E-state index in [1.54, 1.807) is 26.8 Å². The summed E-state index contributed by atoms with van der Waals surface area (Å²) in [5, 5.41) is 9.00. The van der Waals surface area contributed by atoms with Gasteiger partial charge in [0.2, 0.25) is 0 Å². The second-order valence-corrected chi connectivity index (χ2v) is 6.37. The molecule has 0 aromatic carbocycles. The molecule has 0 bridgehead atoms. The van der Waals surface area contributed by atoms with Crippen LogP contribution in [0.15, 0.2) is 12.7 Å². The number of nitrogens with zero attached hydrogens (tertiary/aromatic N) is 1. The van der Waals surface area contributed by atoms with Gasteiger partial charge in [0, 0.05) is 6.61 Å². The van der Waals surface area contributed by atoms with Gasteiger partial charge < -0.3 is 19.5 Å². The predicted octanol–water partition coefficient (Wildman–Crippen LogP) is 2.43. The number of aliphatic carboxylic acids is 1. The number of likely N-dealkylation sites (tertiary alicyclic amines) is 1. The third-order valence-electron chi connectivity index (χ3n) is 3.04.